The Hall–Kier alpha value is -2.43. The normalized spacial score (nSPS) is 16.1. The van der Waals surface area contributed by atoms with Crippen LogP contribution in [0.25, 0.3) is 10.9 Å². The van der Waals surface area contributed by atoms with E-state index in [1.165, 1.54) is 6.07 Å². The maximum Gasteiger partial charge on any atom is 0.187 e. The number of hydrogen-bond acceptors (Lipinski definition) is 2. The number of likely N-dealkylation sites (tertiary alicyclic amines) is 1. The maximum absolute atomic E-state index is 13.4. The summed E-state index contributed by atoms with van der Waals surface area (Å²) < 4.78 is 15.3. The number of carbonyl (C=O) groups is 1. The van der Waals surface area contributed by atoms with E-state index in [9.17, 15) is 9.18 Å². The lowest BCUT2D eigenvalue weighted by Crippen LogP contribution is -2.32. The van der Waals surface area contributed by atoms with Gasteiger partial charge in [-0.2, -0.15) is 0 Å². The van der Waals surface area contributed by atoms with E-state index in [0.717, 1.165) is 48.9 Å². The average Bonchev–Trinajstić information content (AvgIpc) is 3.03. The van der Waals surface area contributed by atoms with Crippen LogP contribution in [0.3, 0.4) is 0 Å². The molecule has 29 heavy (non-hydrogen) atoms. The summed E-state index contributed by atoms with van der Waals surface area (Å²) >= 11 is 6.12. The van der Waals surface area contributed by atoms with Crippen molar-refractivity contribution < 1.29 is 9.18 Å². The zero-order valence-corrected chi connectivity index (χ0v) is 17.2. The second-order valence-electron chi connectivity index (χ2n) is 7.78. The molecule has 2 aromatic carbocycles. The van der Waals surface area contributed by atoms with Crippen LogP contribution >= 0.6 is 11.6 Å². The molecule has 5 heteroatoms. The SMILES string of the molecule is Cn1cc(C(=O)C=CC2CCN(Cc3cccc(F)c3)CC2)c2cc(Cl)ccc21. The van der Waals surface area contributed by atoms with E-state index in [4.69, 9.17) is 11.6 Å². The Labute approximate surface area is 175 Å². The molecule has 3 nitrogen and oxygen atoms in total. The Morgan fingerprint density at radius 3 is 2.76 bits per heavy atom. The summed E-state index contributed by atoms with van der Waals surface area (Å²) in [6, 6.07) is 12.4. The van der Waals surface area contributed by atoms with Crippen molar-refractivity contribution in [2.45, 2.75) is 19.4 Å². The van der Waals surface area contributed by atoms with Gasteiger partial charge in [-0.25, -0.2) is 4.39 Å². The lowest BCUT2D eigenvalue weighted by atomic mass is 9.95. The fraction of sp³-hybridized carbons (Fsp3) is 0.292. The van der Waals surface area contributed by atoms with E-state index in [2.05, 4.69) is 4.90 Å². The van der Waals surface area contributed by atoms with Crippen LogP contribution in [0.4, 0.5) is 4.39 Å². The summed E-state index contributed by atoms with van der Waals surface area (Å²) in [7, 11) is 1.94. The number of halogens is 2. The minimum absolute atomic E-state index is 0.0139. The van der Waals surface area contributed by atoms with Crippen molar-refractivity contribution in [1.29, 1.82) is 0 Å². The molecular formula is C24H24ClFN2O. The van der Waals surface area contributed by atoms with Crippen LogP contribution < -0.4 is 0 Å². The van der Waals surface area contributed by atoms with Crippen molar-refractivity contribution >= 4 is 28.3 Å². The zero-order valence-electron chi connectivity index (χ0n) is 16.4. The number of aromatic nitrogens is 1. The van der Waals surface area contributed by atoms with E-state index < -0.39 is 0 Å². The van der Waals surface area contributed by atoms with Crippen molar-refractivity contribution in [3.63, 3.8) is 0 Å². The fourth-order valence-corrected chi connectivity index (χ4v) is 4.24. The Balaban J connectivity index is 1.37. The van der Waals surface area contributed by atoms with Gasteiger partial charge in [0.1, 0.15) is 5.82 Å². The van der Waals surface area contributed by atoms with E-state index in [1.807, 2.05) is 48.2 Å². The quantitative estimate of drug-likeness (QED) is 0.402. The van der Waals surface area contributed by atoms with Crippen LogP contribution in [0.2, 0.25) is 5.02 Å². The number of nitrogens with zero attached hydrogens (tertiary/aromatic N) is 2. The highest BCUT2D eigenvalue weighted by atomic mass is 35.5. The molecule has 0 N–H and O–H groups in total. The van der Waals surface area contributed by atoms with Crippen LogP contribution in [0.5, 0.6) is 0 Å². The molecule has 0 amide bonds. The first-order valence-corrected chi connectivity index (χ1v) is 10.3. The minimum atomic E-state index is -0.187. The molecule has 3 aromatic rings. The monoisotopic (exact) mass is 410 g/mol. The molecule has 0 atom stereocenters. The van der Waals surface area contributed by atoms with E-state index in [1.54, 1.807) is 18.2 Å². The maximum atomic E-state index is 13.4. The highest BCUT2D eigenvalue weighted by molar-refractivity contribution is 6.31. The molecule has 1 aromatic heterocycles. The predicted molar refractivity (Wildman–Crippen MR) is 116 cm³/mol. The summed E-state index contributed by atoms with van der Waals surface area (Å²) in [6.07, 6.45) is 7.63. The largest absolute Gasteiger partial charge is 0.350 e. The highest BCUT2D eigenvalue weighted by Gasteiger charge is 2.18. The smallest absolute Gasteiger partial charge is 0.187 e. The number of fused-ring (bicyclic) bond motifs is 1. The molecule has 150 valence electrons. The third kappa shape index (κ3) is 4.60. The van der Waals surface area contributed by atoms with Crippen LogP contribution in [0.15, 0.2) is 60.8 Å². The fourth-order valence-electron chi connectivity index (χ4n) is 4.07. The summed E-state index contributed by atoms with van der Waals surface area (Å²) in [5.41, 5.74) is 2.69. The number of benzene rings is 2. The van der Waals surface area contributed by atoms with Crippen LogP contribution in [-0.2, 0) is 13.6 Å². The van der Waals surface area contributed by atoms with Gasteiger partial charge in [0.05, 0.1) is 0 Å². The van der Waals surface area contributed by atoms with E-state index in [-0.39, 0.29) is 11.6 Å². The van der Waals surface area contributed by atoms with Gasteiger partial charge >= 0.3 is 0 Å². The molecule has 0 saturated carbocycles. The molecule has 0 bridgehead atoms. The first kappa shape index (κ1) is 19.9. The number of carbonyl (C=O) groups excluding carboxylic acids is 1. The molecule has 0 radical (unpaired) electrons. The van der Waals surface area contributed by atoms with Crippen LogP contribution in [0, 0.1) is 11.7 Å². The van der Waals surface area contributed by atoms with Crippen molar-refractivity contribution in [3.8, 4) is 0 Å². The van der Waals surface area contributed by atoms with Gasteiger partial charge in [0.15, 0.2) is 5.78 Å². The second kappa shape index (κ2) is 8.52. The molecule has 2 heterocycles. The lowest BCUT2D eigenvalue weighted by Gasteiger charge is -2.30. The van der Waals surface area contributed by atoms with Crippen LogP contribution in [0.1, 0.15) is 28.8 Å². The zero-order chi connectivity index (χ0) is 20.4. The van der Waals surface area contributed by atoms with Gasteiger partial charge in [-0.15, -0.1) is 0 Å². The first-order chi connectivity index (χ1) is 14.0. The van der Waals surface area contributed by atoms with Crippen LogP contribution in [-0.4, -0.2) is 28.3 Å². The topological polar surface area (TPSA) is 25.2 Å². The molecule has 1 aliphatic rings. The van der Waals surface area contributed by atoms with Gasteiger partial charge in [-0.3, -0.25) is 9.69 Å². The summed E-state index contributed by atoms with van der Waals surface area (Å²) in [5, 5.41) is 1.52. The Morgan fingerprint density at radius 2 is 2.00 bits per heavy atom. The molecule has 1 saturated heterocycles. The van der Waals surface area contributed by atoms with Gasteiger partial charge in [0.2, 0.25) is 0 Å². The Kier molecular flexibility index (Phi) is 5.84. The second-order valence-corrected chi connectivity index (χ2v) is 8.22. The van der Waals surface area contributed by atoms with Gasteiger partial charge in [-0.05, 0) is 73.8 Å². The molecular weight excluding hydrogens is 387 g/mol. The minimum Gasteiger partial charge on any atom is -0.350 e. The number of allylic oxidation sites excluding steroid dienone is 2. The summed E-state index contributed by atoms with van der Waals surface area (Å²) in [4.78, 5) is 15.1. The van der Waals surface area contributed by atoms with Crippen molar-refractivity contribution in [2.24, 2.45) is 13.0 Å². The van der Waals surface area contributed by atoms with Crippen molar-refractivity contribution in [1.82, 2.24) is 9.47 Å². The van der Waals surface area contributed by atoms with Crippen molar-refractivity contribution in [2.75, 3.05) is 13.1 Å². The van der Waals surface area contributed by atoms with Gasteiger partial charge in [-0.1, -0.05) is 29.8 Å². The van der Waals surface area contributed by atoms with Gasteiger partial charge in [0, 0.05) is 41.3 Å². The number of aryl methyl sites for hydroxylation is 1. The number of piperidine rings is 1. The molecule has 0 spiro atoms. The third-order valence-corrected chi connectivity index (χ3v) is 5.90. The molecule has 1 aliphatic heterocycles. The molecule has 4 rings (SSSR count). The molecule has 1 fully saturated rings. The predicted octanol–water partition coefficient (Wildman–Crippen LogP) is 5.62. The van der Waals surface area contributed by atoms with Crippen molar-refractivity contribution in [3.05, 3.63) is 82.8 Å². The highest BCUT2D eigenvalue weighted by Crippen LogP contribution is 2.26. The Bertz CT molecular complexity index is 1060. The van der Waals surface area contributed by atoms with Gasteiger partial charge < -0.3 is 4.57 Å². The van der Waals surface area contributed by atoms with E-state index >= 15 is 0 Å². The van der Waals surface area contributed by atoms with E-state index in [0.29, 0.717) is 16.5 Å². The van der Waals surface area contributed by atoms with Gasteiger partial charge in [0.25, 0.3) is 0 Å². The number of rotatable bonds is 5. The summed E-state index contributed by atoms with van der Waals surface area (Å²) in [6.45, 7) is 2.66. The lowest BCUT2D eigenvalue weighted by molar-refractivity contribution is 0.104. The standard InChI is InChI=1S/C24H24ClFN2O/c1-27-16-22(21-14-19(25)6-7-23(21)27)24(29)8-5-17-9-11-28(12-10-17)15-18-3-2-4-20(26)13-18/h2-8,13-14,16-17H,9-12,15H2,1H3. The number of hydrogen-bond donors (Lipinski definition) is 0. The third-order valence-electron chi connectivity index (χ3n) is 5.66. The molecule has 0 aliphatic carbocycles. The molecule has 0 unspecified atom stereocenters. The first-order valence-electron chi connectivity index (χ1n) is 9.93. The summed E-state index contributed by atoms with van der Waals surface area (Å²) in [5.74, 6) is 0.217. The number of ketones is 1. The average molecular weight is 411 g/mol. The Morgan fingerprint density at radius 1 is 1.21 bits per heavy atom.